The summed E-state index contributed by atoms with van der Waals surface area (Å²) in [5.74, 6) is 6.35. The Hall–Kier alpha value is -4.55. The first kappa shape index (κ1) is 22.3. The van der Waals surface area contributed by atoms with Gasteiger partial charge in [-0.25, -0.2) is 19.6 Å². The standard InChI is InChI=1S/C26H23N7O2/c1-15-6-4-8-18-12-19(33(26(35)21(15)18)24-16(2)7-5-11-28-24)13-32-25-22(23(27)29-14-30-25)20(31-32)10-9-17(3)34/h4-8,11-12,14,17,34H,13H2,1-3H3,(H2,27,29,30). The van der Waals surface area contributed by atoms with Gasteiger partial charge in [-0.15, -0.1) is 0 Å². The quantitative estimate of drug-likeness (QED) is 0.392. The summed E-state index contributed by atoms with van der Waals surface area (Å²) in [6.07, 6.45) is 2.20. The van der Waals surface area contributed by atoms with Crippen LogP contribution >= 0.6 is 0 Å². The molecule has 9 heteroatoms. The molecule has 0 aliphatic heterocycles. The van der Waals surface area contributed by atoms with E-state index in [0.717, 1.165) is 16.5 Å². The lowest BCUT2D eigenvalue weighted by Crippen LogP contribution is -2.26. The molecule has 0 saturated carbocycles. The van der Waals surface area contributed by atoms with Crippen LogP contribution in [0.25, 0.3) is 27.6 Å². The molecule has 0 fully saturated rings. The highest BCUT2D eigenvalue weighted by molar-refractivity contribution is 5.90. The van der Waals surface area contributed by atoms with Gasteiger partial charge >= 0.3 is 0 Å². The summed E-state index contributed by atoms with van der Waals surface area (Å²) >= 11 is 0. The van der Waals surface area contributed by atoms with Crippen LogP contribution in [0.15, 0.2) is 53.7 Å². The molecule has 0 amide bonds. The highest BCUT2D eigenvalue weighted by Crippen LogP contribution is 2.24. The minimum Gasteiger partial charge on any atom is -0.383 e. The fourth-order valence-electron chi connectivity index (χ4n) is 4.20. The van der Waals surface area contributed by atoms with Gasteiger partial charge in [0.25, 0.3) is 5.56 Å². The summed E-state index contributed by atoms with van der Waals surface area (Å²) in [6.45, 7) is 5.61. The van der Waals surface area contributed by atoms with Crippen molar-refractivity contribution in [2.24, 2.45) is 0 Å². The van der Waals surface area contributed by atoms with Crippen LogP contribution in [0, 0.1) is 25.7 Å². The molecule has 5 rings (SSSR count). The smallest absolute Gasteiger partial charge is 0.264 e. The lowest BCUT2D eigenvalue weighted by atomic mass is 10.1. The van der Waals surface area contributed by atoms with Gasteiger partial charge in [0, 0.05) is 6.20 Å². The zero-order valence-corrected chi connectivity index (χ0v) is 19.5. The topological polar surface area (TPSA) is 125 Å². The summed E-state index contributed by atoms with van der Waals surface area (Å²) < 4.78 is 3.27. The normalized spacial score (nSPS) is 12.0. The number of nitrogen functional groups attached to an aromatic ring is 1. The van der Waals surface area contributed by atoms with Crippen LogP contribution < -0.4 is 11.3 Å². The lowest BCUT2D eigenvalue weighted by Gasteiger charge is -2.16. The van der Waals surface area contributed by atoms with Gasteiger partial charge in [0.15, 0.2) is 5.65 Å². The molecule has 5 aromatic rings. The number of nitrogens with zero attached hydrogens (tertiary/aromatic N) is 6. The van der Waals surface area contributed by atoms with Gasteiger partial charge in [0.05, 0.1) is 23.0 Å². The SMILES string of the molecule is Cc1cccnc1-n1c(Cn2nc(C#CC(C)O)c3c(N)ncnc32)cc2cccc(C)c2c1=O. The number of hydrogen-bond acceptors (Lipinski definition) is 7. The van der Waals surface area contributed by atoms with Gasteiger partial charge in [0.1, 0.15) is 29.8 Å². The van der Waals surface area contributed by atoms with E-state index in [1.165, 1.54) is 6.33 Å². The Morgan fingerprint density at radius 2 is 1.89 bits per heavy atom. The molecular weight excluding hydrogens is 442 g/mol. The number of fused-ring (bicyclic) bond motifs is 2. The fourth-order valence-corrected chi connectivity index (χ4v) is 4.20. The Bertz CT molecular complexity index is 1720. The summed E-state index contributed by atoms with van der Waals surface area (Å²) in [6, 6.07) is 11.5. The second-order valence-corrected chi connectivity index (χ2v) is 8.37. The van der Waals surface area contributed by atoms with E-state index >= 15 is 0 Å². The molecular formula is C26H23N7O2. The Morgan fingerprint density at radius 1 is 1.09 bits per heavy atom. The van der Waals surface area contributed by atoms with Gasteiger partial charge in [-0.05, 0) is 55.3 Å². The third kappa shape index (κ3) is 3.90. The second kappa shape index (κ2) is 8.66. The predicted octanol–water partition coefficient (Wildman–Crippen LogP) is 2.51. The average Bonchev–Trinajstić information content (AvgIpc) is 3.17. The number of pyridine rings is 2. The number of aryl methyl sites for hydroxylation is 2. The van der Waals surface area contributed by atoms with E-state index in [9.17, 15) is 9.90 Å². The molecule has 3 N–H and O–H groups in total. The minimum atomic E-state index is -0.831. The van der Waals surface area contributed by atoms with Gasteiger partial charge in [-0.2, -0.15) is 5.10 Å². The molecule has 0 aliphatic carbocycles. The van der Waals surface area contributed by atoms with Crippen molar-refractivity contribution in [3.63, 3.8) is 0 Å². The summed E-state index contributed by atoms with van der Waals surface area (Å²) in [5.41, 5.74) is 9.24. The number of rotatable bonds is 3. The van der Waals surface area contributed by atoms with Crippen molar-refractivity contribution in [1.82, 2.24) is 29.3 Å². The third-order valence-electron chi connectivity index (χ3n) is 5.79. The Balaban J connectivity index is 1.79. The predicted molar refractivity (Wildman–Crippen MR) is 134 cm³/mol. The maximum Gasteiger partial charge on any atom is 0.264 e. The van der Waals surface area contributed by atoms with Crippen molar-refractivity contribution >= 4 is 27.6 Å². The molecule has 1 atom stereocenters. The van der Waals surface area contributed by atoms with E-state index in [0.29, 0.717) is 33.6 Å². The Kier molecular flexibility index (Phi) is 5.51. The molecule has 4 heterocycles. The molecule has 4 aromatic heterocycles. The molecule has 0 spiro atoms. The summed E-state index contributed by atoms with van der Waals surface area (Å²) in [5, 5.41) is 16.2. The highest BCUT2D eigenvalue weighted by Gasteiger charge is 2.19. The maximum absolute atomic E-state index is 13.8. The largest absolute Gasteiger partial charge is 0.383 e. The van der Waals surface area contributed by atoms with E-state index in [2.05, 4.69) is 31.9 Å². The molecule has 0 radical (unpaired) electrons. The minimum absolute atomic E-state index is 0.155. The molecule has 174 valence electrons. The summed E-state index contributed by atoms with van der Waals surface area (Å²) in [7, 11) is 0. The van der Waals surface area contributed by atoms with E-state index in [1.807, 2.05) is 50.2 Å². The van der Waals surface area contributed by atoms with Gasteiger partial charge < -0.3 is 10.8 Å². The number of hydrogen-bond donors (Lipinski definition) is 2. The van der Waals surface area contributed by atoms with Crippen molar-refractivity contribution in [2.75, 3.05) is 5.73 Å². The number of aliphatic hydroxyl groups excluding tert-OH is 1. The zero-order chi connectivity index (χ0) is 24.7. The zero-order valence-electron chi connectivity index (χ0n) is 19.5. The van der Waals surface area contributed by atoms with Crippen LogP contribution in [0.4, 0.5) is 5.82 Å². The number of benzene rings is 1. The van der Waals surface area contributed by atoms with Crippen LogP contribution in [-0.4, -0.2) is 40.5 Å². The number of aliphatic hydroxyl groups is 1. The van der Waals surface area contributed by atoms with Gasteiger partial charge in [0.2, 0.25) is 0 Å². The Morgan fingerprint density at radius 3 is 2.66 bits per heavy atom. The van der Waals surface area contributed by atoms with Crippen LogP contribution in [-0.2, 0) is 6.54 Å². The van der Waals surface area contributed by atoms with E-state index < -0.39 is 6.10 Å². The molecule has 0 saturated heterocycles. The van der Waals surface area contributed by atoms with Gasteiger partial charge in [-0.1, -0.05) is 30.2 Å². The number of aromatic nitrogens is 6. The van der Waals surface area contributed by atoms with E-state index in [4.69, 9.17) is 5.73 Å². The first-order valence-electron chi connectivity index (χ1n) is 11.1. The van der Waals surface area contributed by atoms with E-state index in [-0.39, 0.29) is 17.9 Å². The van der Waals surface area contributed by atoms with Crippen molar-refractivity contribution in [3.05, 3.63) is 81.8 Å². The second-order valence-electron chi connectivity index (χ2n) is 8.37. The monoisotopic (exact) mass is 465 g/mol. The molecule has 0 aliphatic rings. The maximum atomic E-state index is 13.8. The first-order valence-corrected chi connectivity index (χ1v) is 11.1. The van der Waals surface area contributed by atoms with Crippen molar-refractivity contribution < 1.29 is 5.11 Å². The van der Waals surface area contributed by atoms with Crippen LogP contribution in [0.3, 0.4) is 0 Å². The lowest BCUT2D eigenvalue weighted by molar-refractivity contribution is 0.253. The average molecular weight is 466 g/mol. The molecule has 35 heavy (non-hydrogen) atoms. The van der Waals surface area contributed by atoms with Gasteiger partial charge in [-0.3, -0.25) is 9.36 Å². The van der Waals surface area contributed by atoms with Crippen molar-refractivity contribution in [3.8, 4) is 17.7 Å². The molecule has 1 unspecified atom stereocenters. The van der Waals surface area contributed by atoms with Crippen LogP contribution in [0.5, 0.6) is 0 Å². The first-order chi connectivity index (χ1) is 16.8. The fraction of sp³-hybridized carbons (Fsp3) is 0.192. The third-order valence-corrected chi connectivity index (χ3v) is 5.79. The van der Waals surface area contributed by atoms with Crippen LogP contribution in [0.1, 0.15) is 29.4 Å². The number of anilines is 1. The molecule has 9 nitrogen and oxygen atoms in total. The van der Waals surface area contributed by atoms with Crippen molar-refractivity contribution in [1.29, 1.82) is 0 Å². The molecule has 1 aromatic carbocycles. The number of nitrogens with two attached hydrogens (primary N) is 1. The molecule has 0 bridgehead atoms. The van der Waals surface area contributed by atoms with Crippen LogP contribution in [0.2, 0.25) is 0 Å². The highest BCUT2D eigenvalue weighted by atomic mass is 16.3. The van der Waals surface area contributed by atoms with Crippen molar-refractivity contribution in [2.45, 2.75) is 33.4 Å². The van der Waals surface area contributed by atoms with E-state index in [1.54, 1.807) is 22.4 Å². The summed E-state index contributed by atoms with van der Waals surface area (Å²) in [4.78, 5) is 26.8. The Labute approximate surface area is 200 Å².